The molecule has 112 valence electrons. The molecule has 5 nitrogen and oxygen atoms in total. The van der Waals surface area contributed by atoms with Crippen LogP contribution in [0.2, 0.25) is 0 Å². The minimum absolute atomic E-state index is 0.215. The molecule has 0 amide bonds. The molecule has 1 N–H and O–H groups in total. The molecular formula is C15H18BrN3O2. The summed E-state index contributed by atoms with van der Waals surface area (Å²) in [6.45, 7) is 3.11. The number of ether oxygens (including phenoxy) is 1. The lowest BCUT2D eigenvalue weighted by atomic mass is 9.91. The van der Waals surface area contributed by atoms with Crippen molar-refractivity contribution in [3.63, 3.8) is 0 Å². The van der Waals surface area contributed by atoms with Crippen molar-refractivity contribution in [2.45, 2.75) is 31.7 Å². The van der Waals surface area contributed by atoms with Gasteiger partial charge in [0.1, 0.15) is 5.75 Å². The van der Waals surface area contributed by atoms with E-state index in [1.165, 1.54) is 12.8 Å². The van der Waals surface area contributed by atoms with E-state index in [9.17, 15) is 0 Å². The third-order valence-corrected chi connectivity index (χ3v) is 4.55. The maximum absolute atomic E-state index is 5.49. The average Bonchev–Trinajstić information content (AvgIpc) is 2.98. The van der Waals surface area contributed by atoms with Gasteiger partial charge < -0.3 is 14.6 Å². The normalized spacial score (nSPS) is 22.2. The van der Waals surface area contributed by atoms with Crippen molar-refractivity contribution in [2.24, 2.45) is 0 Å². The van der Waals surface area contributed by atoms with Crippen LogP contribution in [-0.4, -0.2) is 23.8 Å². The molecule has 2 aromatic rings. The number of halogens is 1. The molecule has 2 heterocycles. The van der Waals surface area contributed by atoms with Crippen molar-refractivity contribution >= 4 is 15.9 Å². The lowest BCUT2D eigenvalue weighted by Crippen LogP contribution is -2.43. The second-order valence-corrected chi connectivity index (χ2v) is 6.34. The van der Waals surface area contributed by atoms with Gasteiger partial charge >= 0.3 is 0 Å². The smallest absolute Gasteiger partial charge is 0.246 e. The summed E-state index contributed by atoms with van der Waals surface area (Å²) in [6.07, 6.45) is 3.39. The molecule has 1 aliphatic rings. The first-order chi connectivity index (χ1) is 10.1. The van der Waals surface area contributed by atoms with Gasteiger partial charge in [-0.15, -0.1) is 0 Å². The molecule has 1 unspecified atom stereocenters. The van der Waals surface area contributed by atoms with Gasteiger partial charge in [-0.3, -0.25) is 0 Å². The molecule has 1 aromatic heterocycles. The average molecular weight is 352 g/mol. The SMILES string of the molecule is COc1ccc(-c2noc(C3(C)CCCCN3)n2)cc1Br. The number of benzene rings is 1. The Balaban J connectivity index is 1.89. The predicted octanol–water partition coefficient (Wildman–Crippen LogP) is 3.50. The standard InChI is InChI=1S/C15H18BrN3O2/c1-15(7-3-4-8-17-15)14-18-13(19-21-14)10-5-6-12(20-2)11(16)9-10/h5-6,9,17H,3-4,7-8H2,1-2H3. The summed E-state index contributed by atoms with van der Waals surface area (Å²) in [7, 11) is 1.64. The van der Waals surface area contributed by atoms with Crippen LogP contribution in [0, 0.1) is 0 Å². The number of hydrogen-bond acceptors (Lipinski definition) is 5. The molecular weight excluding hydrogens is 334 g/mol. The molecule has 1 aromatic carbocycles. The molecule has 0 radical (unpaired) electrons. The molecule has 21 heavy (non-hydrogen) atoms. The van der Waals surface area contributed by atoms with Gasteiger partial charge in [-0.2, -0.15) is 4.98 Å². The maximum atomic E-state index is 5.49. The summed E-state index contributed by atoms with van der Waals surface area (Å²) in [5, 5.41) is 7.60. The number of methoxy groups -OCH3 is 1. The van der Waals surface area contributed by atoms with Crippen LogP contribution in [0.1, 0.15) is 32.1 Å². The highest BCUT2D eigenvalue weighted by Crippen LogP contribution is 2.32. The molecule has 3 rings (SSSR count). The van der Waals surface area contributed by atoms with Gasteiger partial charge in [0, 0.05) is 5.56 Å². The summed E-state index contributed by atoms with van der Waals surface area (Å²) in [5.41, 5.74) is 0.685. The zero-order chi connectivity index (χ0) is 14.9. The number of rotatable bonds is 3. The highest BCUT2D eigenvalue weighted by atomic mass is 79.9. The number of nitrogens with one attached hydrogen (secondary N) is 1. The summed E-state index contributed by atoms with van der Waals surface area (Å²) < 4.78 is 11.6. The van der Waals surface area contributed by atoms with E-state index in [0.29, 0.717) is 11.7 Å². The number of nitrogens with zero attached hydrogens (tertiary/aromatic N) is 2. The van der Waals surface area contributed by atoms with Crippen LogP contribution in [-0.2, 0) is 5.54 Å². The van der Waals surface area contributed by atoms with E-state index in [0.717, 1.165) is 28.8 Å². The molecule has 1 aliphatic heterocycles. The van der Waals surface area contributed by atoms with E-state index in [1.807, 2.05) is 18.2 Å². The molecule has 0 aliphatic carbocycles. The van der Waals surface area contributed by atoms with E-state index in [-0.39, 0.29) is 5.54 Å². The largest absolute Gasteiger partial charge is 0.496 e. The third-order valence-electron chi connectivity index (χ3n) is 3.93. The summed E-state index contributed by atoms with van der Waals surface area (Å²) in [6, 6.07) is 5.75. The Morgan fingerprint density at radius 2 is 2.24 bits per heavy atom. The molecule has 1 fully saturated rings. The number of piperidine rings is 1. The number of aromatic nitrogens is 2. The van der Waals surface area contributed by atoms with Gasteiger partial charge in [-0.25, -0.2) is 0 Å². The van der Waals surface area contributed by atoms with Crippen molar-refractivity contribution in [1.29, 1.82) is 0 Å². The zero-order valence-electron chi connectivity index (χ0n) is 12.1. The fourth-order valence-corrected chi connectivity index (χ4v) is 3.15. The van der Waals surface area contributed by atoms with Gasteiger partial charge in [0.05, 0.1) is 17.1 Å². The minimum atomic E-state index is -0.215. The number of hydrogen-bond donors (Lipinski definition) is 1. The molecule has 1 atom stereocenters. The molecule has 6 heteroatoms. The Bertz CT molecular complexity index is 636. The van der Waals surface area contributed by atoms with Crippen molar-refractivity contribution in [2.75, 3.05) is 13.7 Å². The second-order valence-electron chi connectivity index (χ2n) is 5.49. The lowest BCUT2D eigenvalue weighted by molar-refractivity contribution is 0.207. The second kappa shape index (κ2) is 5.77. The molecule has 1 saturated heterocycles. The maximum Gasteiger partial charge on any atom is 0.246 e. The highest BCUT2D eigenvalue weighted by molar-refractivity contribution is 9.10. The Morgan fingerprint density at radius 1 is 1.38 bits per heavy atom. The van der Waals surface area contributed by atoms with Crippen molar-refractivity contribution in [3.8, 4) is 17.1 Å². The van der Waals surface area contributed by atoms with Gasteiger partial charge in [0.2, 0.25) is 11.7 Å². The summed E-state index contributed by atoms with van der Waals surface area (Å²) in [4.78, 5) is 4.57. The van der Waals surface area contributed by atoms with Crippen LogP contribution in [0.5, 0.6) is 5.75 Å². The Labute approximate surface area is 132 Å². The topological polar surface area (TPSA) is 60.2 Å². The van der Waals surface area contributed by atoms with Crippen LogP contribution in [0.15, 0.2) is 27.2 Å². The first kappa shape index (κ1) is 14.5. The summed E-state index contributed by atoms with van der Waals surface area (Å²) >= 11 is 3.48. The van der Waals surface area contributed by atoms with E-state index < -0.39 is 0 Å². The lowest BCUT2D eigenvalue weighted by Gasteiger charge is -2.31. The van der Waals surface area contributed by atoms with Crippen molar-refractivity contribution < 1.29 is 9.26 Å². The minimum Gasteiger partial charge on any atom is -0.496 e. The van der Waals surface area contributed by atoms with Crippen LogP contribution >= 0.6 is 15.9 Å². The van der Waals surface area contributed by atoms with Gasteiger partial charge in [-0.1, -0.05) is 5.16 Å². The monoisotopic (exact) mass is 351 g/mol. The van der Waals surface area contributed by atoms with E-state index in [2.05, 4.69) is 38.3 Å². The van der Waals surface area contributed by atoms with Gasteiger partial charge in [-0.05, 0) is 66.9 Å². The zero-order valence-corrected chi connectivity index (χ0v) is 13.7. The van der Waals surface area contributed by atoms with Crippen molar-refractivity contribution in [1.82, 2.24) is 15.5 Å². The van der Waals surface area contributed by atoms with Crippen LogP contribution in [0.25, 0.3) is 11.4 Å². The first-order valence-electron chi connectivity index (χ1n) is 7.05. The van der Waals surface area contributed by atoms with Crippen molar-refractivity contribution in [3.05, 3.63) is 28.6 Å². The Kier molecular flexibility index (Phi) is 3.99. The Morgan fingerprint density at radius 3 is 2.90 bits per heavy atom. The van der Waals surface area contributed by atoms with Crippen LogP contribution in [0.3, 0.4) is 0 Å². The fraction of sp³-hybridized carbons (Fsp3) is 0.467. The molecule has 0 saturated carbocycles. The van der Waals surface area contributed by atoms with E-state index >= 15 is 0 Å². The molecule has 0 spiro atoms. The fourth-order valence-electron chi connectivity index (χ4n) is 2.61. The third kappa shape index (κ3) is 2.82. The predicted molar refractivity (Wildman–Crippen MR) is 83.2 cm³/mol. The van der Waals surface area contributed by atoms with E-state index in [4.69, 9.17) is 9.26 Å². The highest BCUT2D eigenvalue weighted by Gasteiger charge is 2.34. The molecule has 0 bridgehead atoms. The van der Waals surface area contributed by atoms with Crippen LogP contribution < -0.4 is 10.1 Å². The Hall–Kier alpha value is -1.40. The summed E-state index contributed by atoms with van der Waals surface area (Å²) in [5.74, 6) is 2.04. The van der Waals surface area contributed by atoms with Gasteiger partial charge in [0.15, 0.2) is 0 Å². The van der Waals surface area contributed by atoms with E-state index in [1.54, 1.807) is 7.11 Å². The van der Waals surface area contributed by atoms with Gasteiger partial charge in [0.25, 0.3) is 0 Å². The quantitative estimate of drug-likeness (QED) is 0.916. The van der Waals surface area contributed by atoms with Crippen LogP contribution in [0.4, 0.5) is 0 Å². The first-order valence-corrected chi connectivity index (χ1v) is 7.85.